The number of aromatic amines is 2. The van der Waals surface area contributed by atoms with Gasteiger partial charge in [0.2, 0.25) is 0 Å². The number of imidazole rings is 1. The minimum Gasteiger partial charge on any atom is -0.340 e. The van der Waals surface area contributed by atoms with Gasteiger partial charge in [0.05, 0.1) is 17.1 Å². The van der Waals surface area contributed by atoms with E-state index in [1.165, 1.54) is 11.1 Å². The Balaban J connectivity index is 1.70. The van der Waals surface area contributed by atoms with Gasteiger partial charge in [0.1, 0.15) is 11.5 Å². The van der Waals surface area contributed by atoms with Gasteiger partial charge < -0.3 is 9.88 Å². The maximum absolute atomic E-state index is 12.6. The number of amides is 1. The predicted octanol–water partition coefficient (Wildman–Crippen LogP) is 2.88. The largest absolute Gasteiger partial charge is 0.340 e. The molecule has 1 aromatic carbocycles. The van der Waals surface area contributed by atoms with Gasteiger partial charge in [-0.3, -0.25) is 9.89 Å². The van der Waals surface area contributed by atoms with Crippen molar-refractivity contribution in [2.75, 3.05) is 6.54 Å². The van der Waals surface area contributed by atoms with E-state index in [4.69, 9.17) is 4.98 Å². The van der Waals surface area contributed by atoms with Gasteiger partial charge in [-0.25, -0.2) is 4.98 Å². The highest BCUT2D eigenvalue weighted by Crippen LogP contribution is 2.32. The van der Waals surface area contributed by atoms with Crippen LogP contribution in [0, 0.1) is 13.8 Å². The lowest BCUT2D eigenvalue weighted by molar-refractivity contribution is 0.0724. The number of carbonyl (C=O) groups excluding carboxylic acids is 1. The van der Waals surface area contributed by atoms with Gasteiger partial charge in [-0.2, -0.15) is 5.10 Å². The Kier molecular flexibility index (Phi) is 3.18. The number of nitrogens with zero attached hydrogens (tertiary/aromatic N) is 3. The third-order valence-corrected chi connectivity index (χ3v) is 4.68. The average molecular weight is 309 g/mol. The molecule has 2 aromatic heterocycles. The second-order valence-corrected chi connectivity index (χ2v) is 6.20. The molecule has 2 N–H and O–H groups in total. The lowest BCUT2D eigenvalue weighted by Gasteiger charge is -2.22. The molecule has 4 rings (SSSR count). The van der Waals surface area contributed by atoms with Gasteiger partial charge >= 0.3 is 0 Å². The summed E-state index contributed by atoms with van der Waals surface area (Å²) in [6, 6.07) is 5.93. The van der Waals surface area contributed by atoms with Gasteiger partial charge in [0.25, 0.3) is 5.91 Å². The Bertz CT molecular complexity index is 826. The molecule has 0 saturated carbocycles. The summed E-state index contributed by atoms with van der Waals surface area (Å²) in [6.45, 7) is 4.93. The summed E-state index contributed by atoms with van der Waals surface area (Å²) >= 11 is 0. The van der Waals surface area contributed by atoms with E-state index in [0.717, 1.165) is 36.2 Å². The van der Waals surface area contributed by atoms with Gasteiger partial charge in [0, 0.05) is 12.7 Å². The van der Waals surface area contributed by atoms with Crippen LogP contribution in [0.15, 0.2) is 24.4 Å². The van der Waals surface area contributed by atoms with Crippen LogP contribution in [0.25, 0.3) is 11.0 Å². The fraction of sp³-hybridized carbons (Fsp3) is 0.353. The molecule has 118 valence electrons. The Morgan fingerprint density at radius 2 is 2.13 bits per heavy atom. The number of likely N-dealkylation sites (tertiary alicyclic amines) is 1. The molecule has 0 spiro atoms. The van der Waals surface area contributed by atoms with Crippen molar-refractivity contribution < 1.29 is 4.79 Å². The molecule has 23 heavy (non-hydrogen) atoms. The lowest BCUT2D eigenvalue weighted by atomic mass is 10.1. The summed E-state index contributed by atoms with van der Waals surface area (Å²) in [5.74, 6) is 0.855. The van der Waals surface area contributed by atoms with Crippen molar-refractivity contribution in [1.82, 2.24) is 25.1 Å². The van der Waals surface area contributed by atoms with E-state index in [-0.39, 0.29) is 11.9 Å². The van der Waals surface area contributed by atoms with Crippen LogP contribution in [0.3, 0.4) is 0 Å². The molecule has 0 aliphatic carbocycles. The number of nitrogens with one attached hydrogen (secondary N) is 2. The van der Waals surface area contributed by atoms with Crippen LogP contribution in [0.1, 0.15) is 46.3 Å². The highest BCUT2D eigenvalue weighted by molar-refractivity contribution is 5.92. The third kappa shape index (κ3) is 2.30. The first-order valence-electron chi connectivity index (χ1n) is 7.90. The third-order valence-electron chi connectivity index (χ3n) is 4.68. The van der Waals surface area contributed by atoms with Crippen LogP contribution in [-0.2, 0) is 0 Å². The smallest absolute Gasteiger partial charge is 0.272 e. The van der Waals surface area contributed by atoms with E-state index in [1.54, 1.807) is 12.3 Å². The molecule has 1 aliphatic heterocycles. The molecule has 1 saturated heterocycles. The quantitative estimate of drug-likeness (QED) is 0.764. The second kappa shape index (κ2) is 5.22. The standard InChI is InChI=1S/C17H19N5O/c1-10-8-13-14(9-11(10)2)20-16(19-13)15-4-3-7-22(15)17(23)12-5-6-18-21-12/h5-6,8-9,15H,3-4,7H2,1-2H3,(H,18,21)(H,19,20). The first-order valence-corrected chi connectivity index (χ1v) is 7.90. The van der Waals surface area contributed by atoms with Gasteiger partial charge in [-0.05, 0) is 56.0 Å². The zero-order chi connectivity index (χ0) is 16.0. The Morgan fingerprint density at radius 1 is 1.30 bits per heavy atom. The zero-order valence-electron chi connectivity index (χ0n) is 13.3. The van der Waals surface area contributed by atoms with Crippen LogP contribution in [-0.4, -0.2) is 37.5 Å². The summed E-state index contributed by atoms with van der Waals surface area (Å²) in [7, 11) is 0. The van der Waals surface area contributed by atoms with E-state index < -0.39 is 0 Å². The Hall–Kier alpha value is -2.63. The fourth-order valence-electron chi connectivity index (χ4n) is 3.27. The second-order valence-electron chi connectivity index (χ2n) is 6.20. The molecule has 1 amide bonds. The molecule has 6 nitrogen and oxygen atoms in total. The highest BCUT2D eigenvalue weighted by Gasteiger charge is 2.33. The van der Waals surface area contributed by atoms with Gasteiger partial charge in [-0.1, -0.05) is 0 Å². The van der Waals surface area contributed by atoms with Crippen molar-refractivity contribution in [1.29, 1.82) is 0 Å². The number of rotatable bonds is 2. The molecule has 1 fully saturated rings. The molecule has 0 radical (unpaired) electrons. The molecule has 1 atom stereocenters. The SMILES string of the molecule is Cc1cc2nc(C3CCCN3C(=O)c3ccn[nH]3)[nH]c2cc1C. The average Bonchev–Trinajstić information content (AvgIpc) is 3.27. The van der Waals surface area contributed by atoms with Gasteiger partial charge in [0.15, 0.2) is 0 Å². The summed E-state index contributed by atoms with van der Waals surface area (Å²) < 4.78 is 0. The summed E-state index contributed by atoms with van der Waals surface area (Å²) in [4.78, 5) is 22.6. The van der Waals surface area contributed by atoms with Gasteiger partial charge in [-0.15, -0.1) is 0 Å². The van der Waals surface area contributed by atoms with E-state index in [9.17, 15) is 4.79 Å². The lowest BCUT2D eigenvalue weighted by Crippen LogP contribution is -2.31. The zero-order valence-corrected chi connectivity index (χ0v) is 13.3. The molecule has 1 unspecified atom stereocenters. The summed E-state index contributed by atoms with van der Waals surface area (Å²) in [6.07, 6.45) is 3.52. The van der Waals surface area contributed by atoms with E-state index in [1.807, 2.05) is 4.90 Å². The number of aromatic nitrogens is 4. The number of H-pyrrole nitrogens is 2. The maximum Gasteiger partial charge on any atom is 0.272 e. The minimum absolute atomic E-state index is 0.00110. The van der Waals surface area contributed by atoms with Crippen molar-refractivity contribution in [3.05, 3.63) is 47.0 Å². The molecular weight excluding hydrogens is 290 g/mol. The molecule has 0 bridgehead atoms. The van der Waals surface area contributed by atoms with Crippen molar-refractivity contribution in [2.45, 2.75) is 32.7 Å². The van der Waals surface area contributed by atoms with Crippen LogP contribution in [0.4, 0.5) is 0 Å². The monoisotopic (exact) mass is 309 g/mol. The number of hydrogen-bond acceptors (Lipinski definition) is 3. The highest BCUT2D eigenvalue weighted by atomic mass is 16.2. The van der Waals surface area contributed by atoms with Crippen molar-refractivity contribution in [2.24, 2.45) is 0 Å². The maximum atomic E-state index is 12.6. The molecule has 1 aliphatic rings. The van der Waals surface area contributed by atoms with Crippen LogP contribution in [0.2, 0.25) is 0 Å². The van der Waals surface area contributed by atoms with Crippen molar-refractivity contribution in [3.63, 3.8) is 0 Å². The predicted molar refractivity (Wildman–Crippen MR) is 87.2 cm³/mol. The number of aryl methyl sites for hydroxylation is 2. The topological polar surface area (TPSA) is 77.7 Å². The normalized spacial score (nSPS) is 18.0. The summed E-state index contributed by atoms with van der Waals surface area (Å²) in [5, 5.41) is 6.63. The minimum atomic E-state index is -0.0159. The van der Waals surface area contributed by atoms with E-state index >= 15 is 0 Å². The van der Waals surface area contributed by atoms with Crippen molar-refractivity contribution >= 4 is 16.9 Å². The molecular formula is C17H19N5O. The van der Waals surface area contributed by atoms with Crippen LogP contribution >= 0.6 is 0 Å². The first-order chi connectivity index (χ1) is 11.1. The number of fused-ring (bicyclic) bond motifs is 1. The van der Waals surface area contributed by atoms with Crippen LogP contribution in [0.5, 0.6) is 0 Å². The number of benzene rings is 1. The Labute approximate surface area is 133 Å². The summed E-state index contributed by atoms with van der Waals surface area (Å²) in [5.41, 5.74) is 4.99. The number of hydrogen-bond donors (Lipinski definition) is 2. The van der Waals surface area contributed by atoms with Crippen LogP contribution < -0.4 is 0 Å². The molecule has 6 heteroatoms. The fourth-order valence-corrected chi connectivity index (χ4v) is 3.27. The number of carbonyl (C=O) groups is 1. The van der Waals surface area contributed by atoms with E-state index in [0.29, 0.717) is 5.69 Å². The van der Waals surface area contributed by atoms with Crippen molar-refractivity contribution in [3.8, 4) is 0 Å². The van der Waals surface area contributed by atoms with E-state index in [2.05, 4.69) is 41.2 Å². The molecule has 3 aromatic rings. The first kappa shape index (κ1) is 14.0. The Morgan fingerprint density at radius 3 is 2.91 bits per heavy atom. The molecule has 3 heterocycles.